The number of nitrogens with one attached hydrogen (secondary N) is 1. The van der Waals surface area contributed by atoms with Crippen molar-refractivity contribution in [2.24, 2.45) is 0 Å². The van der Waals surface area contributed by atoms with Gasteiger partial charge in [-0.25, -0.2) is 0 Å². The second-order valence-corrected chi connectivity index (χ2v) is 8.27. The first-order valence-electron chi connectivity index (χ1n) is 9.97. The molecule has 2 aliphatic heterocycles. The van der Waals surface area contributed by atoms with Crippen LogP contribution in [0.1, 0.15) is 44.9 Å². The Labute approximate surface area is 164 Å². The molecule has 1 aromatic rings. The van der Waals surface area contributed by atoms with Gasteiger partial charge in [-0.1, -0.05) is 17.8 Å². The standard InChI is InChI=1S/C18H30N6O2S/c1-22(14-15(25)19-9-7-12-23-10-4-2-5-11-23)17-20-21-18(27-17)24-13-6-3-8-16(24)26/h2-14H2,1H3,(H,19,25). The maximum Gasteiger partial charge on any atom is 0.239 e. The molecule has 2 fully saturated rings. The summed E-state index contributed by atoms with van der Waals surface area (Å²) in [6.45, 7) is 5.08. The molecule has 2 amide bonds. The number of nitrogens with zero attached hydrogens (tertiary/aromatic N) is 5. The van der Waals surface area contributed by atoms with E-state index >= 15 is 0 Å². The number of likely N-dealkylation sites (N-methyl/N-ethyl adjacent to an activating group) is 1. The largest absolute Gasteiger partial charge is 0.355 e. The van der Waals surface area contributed by atoms with Gasteiger partial charge in [0.1, 0.15) is 0 Å². The molecule has 0 aliphatic carbocycles. The third-order valence-electron chi connectivity index (χ3n) is 5.09. The van der Waals surface area contributed by atoms with E-state index in [0.29, 0.717) is 29.8 Å². The summed E-state index contributed by atoms with van der Waals surface area (Å²) in [5, 5.41) is 12.6. The van der Waals surface area contributed by atoms with Crippen LogP contribution in [0.25, 0.3) is 0 Å². The predicted octanol–water partition coefficient (Wildman–Crippen LogP) is 1.48. The highest BCUT2D eigenvalue weighted by Crippen LogP contribution is 2.28. The lowest BCUT2D eigenvalue weighted by atomic mass is 10.1. The van der Waals surface area contributed by atoms with Gasteiger partial charge in [0.15, 0.2) is 0 Å². The number of amides is 2. The zero-order valence-electron chi connectivity index (χ0n) is 16.2. The van der Waals surface area contributed by atoms with E-state index < -0.39 is 0 Å². The average molecular weight is 395 g/mol. The van der Waals surface area contributed by atoms with Gasteiger partial charge >= 0.3 is 0 Å². The molecule has 1 N–H and O–H groups in total. The lowest BCUT2D eigenvalue weighted by molar-refractivity contribution is -0.120. The van der Waals surface area contributed by atoms with Gasteiger partial charge in [-0.3, -0.25) is 14.5 Å². The molecule has 0 saturated carbocycles. The molecule has 0 atom stereocenters. The van der Waals surface area contributed by atoms with Crippen molar-refractivity contribution in [1.82, 2.24) is 20.4 Å². The predicted molar refractivity (Wildman–Crippen MR) is 107 cm³/mol. The van der Waals surface area contributed by atoms with Crippen molar-refractivity contribution in [1.29, 1.82) is 0 Å². The normalized spacial score (nSPS) is 18.6. The maximum atomic E-state index is 12.2. The zero-order valence-corrected chi connectivity index (χ0v) is 17.0. The Morgan fingerprint density at radius 2 is 1.93 bits per heavy atom. The molecule has 3 rings (SSSR count). The summed E-state index contributed by atoms with van der Waals surface area (Å²) < 4.78 is 0. The van der Waals surface area contributed by atoms with Crippen LogP contribution in [0.3, 0.4) is 0 Å². The molecule has 8 nitrogen and oxygen atoms in total. The van der Waals surface area contributed by atoms with Crippen molar-refractivity contribution in [3.8, 4) is 0 Å². The van der Waals surface area contributed by atoms with Gasteiger partial charge in [0.2, 0.25) is 22.1 Å². The number of piperidine rings is 2. The summed E-state index contributed by atoms with van der Waals surface area (Å²) in [5.41, 5.74) is 0. The number of carbonyl (C=O) groups excluding carboxylic acids is 2. The van der Waals surface area contributed by atoms with Gasteiger partial charge in [-0.05, 0) is 51.7 Å². The van der Waals surface area contributed by atoms with Crippen molar-refractivity contribution in [3.63, 3.8) is 0 Å². The minimum atomic E-state index is -0.0121. The van der Waals surface area contributed by atoms with Gasteiger partial charge in [-0.2, -0.15) is 0 Å². The fourth-order valence-electron chi connectivity index (χ4n) is 3.53. The van der Waals surface area contributed by atoms with Crippen LogP contribution in [0, 0.1) is 0 Å². The number of carbonyl (C=O) groups is 2. The lowest BCUT2D eigenvalue weighted by Crippen LogP contribution is -2.37. The number of hydrogen-bond donors (Lipinski definition) is 1. The summed E-state index contributed by atoms with van der Waals surface area (Å²) in [7, 11) is 1.83. The highest BCUT2D eigenvalue weighted by Gasteiger charge is 2.24. The smallest absolute Gasteiger partial charge is 0.239 e. The second kappa shape index (κ2) is 9.98. The Balaban J connectivity index is 1.38. The Morgan fingerprint density at radius 1 is 1.15 bits per heavy atom. The molecule has 0 radical (unpaired) electrons. The fourth-order valence-corrected chi connectivity index (χ4v) is 4.38. The number of rotatable bonds is 8. The fraction of sp³-hybridized carbons (Fsp3) is 0.778. The van der Waals surface area contributed by atoms with Crippen LogP contribution in [0.15, 0.2) is 0 Å². The first-order chi connectivity index (χ1) is 13.1. The van der Waals surface area contributed by atoms with Crippen LogP contribution in [0.4, 0.5) is 10.3 Å². The Hall–Kier alpha value is -1.74. The summed E-state index contributed by atoms with van der Waals surface area (Å²) >= 11 is 1.36. The summed E-state index contributed by atoms with van der Waals surface area (Å²) in [6.07, 6.45) is 7.43. The zero-order chi connectivity index (χ0) is 19.1. The molecule has 0 aromatic carbocycles. The minimum absolute atomic E-state index is 0.0121. The number of likely N-dealkylation sites (tertiary alicyclic amines) is 1. The van der Waals surface area contributed by atoms with Crippen LogP contribution in [0.5, 0.6) is 0 Å². The molecule has 0 bridgehead atoms. The van der Waals surface area contributed by atoms with E-state index in [1.807, 2.05) is 7.05 Å². The SMILES string of the molecule is CN(CC(=O)NCCCN1CCCCC1)c1nnc(N2CCCCC2=O)s1. The second-order valence-electron chi connectivity index (χ2n) is 7.33. The Morgan fingerprint density at radius 3 is 2.70 bits per heavy atom. The third kappa shape index (κ3) is 5.87. The van der Waals surface area contributed by atoms with Crippen LogP contribution in [-0.2, 0) is 9.59 Å². The lowest BCUT2D eigenvalue weighted by Gasteiger charge is -2.26. The molecule has 0 spiro atoms. The quantitative estimate of drug-likeness (QED) is 0.673. The molecule has 0 unspecified atom stereocenters. The van der Waals surface area contributed by atoms with E-state index in [1.54, 1.807) is 9.80 Å². The van der Waals surface area contributed by atoms with Crippen LogP contribution in [-0.4, -0.2) is 73.2 Å². The van der Waals surface area contributed by atoms with Crippen molar-refractivity contribution < 1.29 is 9.59 Å². The van der Waals surface area contributed by atoms with Gasteiger partial charge in [0, 0.05) is 26.6 Å². The minimum Gasteiger partial charge on any atom is -0.355 e. The third-order valence-corrected chi connectivity index (χ3v) is 6.15. The van der Waals surface area contributed by atoms with E-state index in [9.17, 15) is 9.59 Å². The van der Waals surface area contributed by atoms with E-state index in [2.05, 4.69) is 20.4 Å². The first-order valence-corrected chi connectivity index (χ1v) is 10.8. The molecule has 3 heterocycles. The molecule has 1 aromatic heterocycles. The number of anilines is 2. The van der Waals surface area contributed by atoms with Crippen LogP contribution in [0.2, 0.25) is 0 Å². The van der Waals surface area contributed by atoms with E-state index in [4.69, 9.17) is 0 Å². The molecule has 27 heavy (non-hydrogen) atoms. The van der Waals surface area contributed by atoms with Crippen molar-refractivity contribution in [2.75, 3.05) is 56.1 Å². The number of hydrogen-bond acceptors (Lipinski definition) is 7. The summed E-state index contributed by atoms with van der Waals surface area (Å²) in [4.78, 5) is 30.1. The molecular weight excluding hydrogens is 364 g/mol. The maximum absolute atomic E-state index is 12.2. The van der Waals surface area contributed by atoms with Gasteiger partial charge < -0.3 is 15.1 Å². The molecule has 150 valence electrons. The van der Waals surface area contributed by atoms with Gasteiger partial charge in [-0.15, -0.1) is 10.2 Å². The highest BCUT2D eigenvalue weighted by atomic mass is 32.1. The molecule has 9 heteroatoms. The Kier molecular flexibility index (Phi) is 7.40. The summed E-state index contributed by atoms with van der Waals surface area (Å²) in [6, 6.07) is 0. The molecule has 2 aliphatic rings. The first kappa shape index (κ1) is 20.0. The molecular formula is C18H30N6O2S. The van der Waals surface area contributed by atoms with Gasteiger partial charge in [0.25, 0.3) is 0 Å². The average Bonchev–Trinajstić information content (AvgIpc) is 3.16. The van der Waals surface area contributed by atoms with Crippen molar-refractivity contribution in [2.45, 2.75) is 44.9 Å². The highest BCUT2D eigenvalue weighted by molar-refractivity contribution is 7.19. The van der Waals surface area contributed by atoms with Crippen LogP contribution >= 0.6 is 11.3 Å². The van der Waals surface area contributed by atoms with Gasteiger partial charge in [0.05, 0.1) is 6.54 Å². The van der Waals surface area contributed by atoms with E-state index in [1.165, 1.54) is 43.7 Å². The van der Waals surface area contributed by atoms with Crippen molar-refractivity contribution in [3.05, 3.63) is 0 Å². The monoisotopic (exact) mass is 394 g/mol. The molecule has 2 saturated heterocycles. The number of aromatic nitrogens is 2. The Bertz CT molecular complexity index is 631. The summed E-state index contributed by atoms with van der Waals surface area (Å²) in [5.74, 6) is 0.0972. The van der Waals surface area contributed by atoms with Crippen molar-refractivity contribution >= 4 is 33.4 Å². The van der Waals surface area contributed by atoms with Crippen LogP contribution < -0.4 is 15.1 Å². The topological polar surface area (TPSA) is 81.7 Å². The van der Waals surface area contributed by atoms with E-state index in [0.717, 1.165) is 25.8 Å². The van der Waals surface area contributed by atoms with E-state index in [-0.39, 0.29) is 18.4 Å².